The third-order valence-corrected chi connectivity index (χ3v) is 4.79. The van der Waals surface area contributed by atoms with E-state index in [1.165, 1.54) is 6.07 Å². The molecule has 0 amide bonds. The number of ether oxygens (including phenoxy) is 1. The molecule has 3 nitrogen and oxygen atoms in total. The number of carboxylic acids is 1. The number of aryl methyl sites for hydroxylation is 1. The lowest BCUT2D eigenvalue weighted by Gasteiger charge is -2.13. The van der Waals surface area contributed by atoms with Gasteiger partial charge in [-0.25, -0.2) is 4.39 Å². The second-order valence-electron chi connectivity index (χ2n) is 6.82. The molecule has 0 aliphatic carbocycles. The molecule has 0 atom stereocenters. The van der Waals surface area contributed by atoms with Gasteiger partial charge in [-0.3, -0.25) is 4.79 Å². The SMILES string of the molecule is O=C(O)CCc1ccc2cc(-c3ccccc3Oc3ccccc3F)ccc2c1. The molecule has 0 spiro atoms. The Kier molecular flexibility index (Phi) is 5.25. The molecule has 0 radical (unpaired) electrons. The average Bonchev–Trinajstić information content (AvgIpc) is 2.74. The van der Waals surface area contributed by atoms with E-state index in [-0.39, 0.29) is 12.2 Å². The van der Waals surface area contributed by atoms with Gasteiger partial charge in [0, 0.05) is 12.0 Å². The molecule has 0 saturated heterocycles. The highest BCUT2D eigenvalue weighted by atomic mass is 19.1. The number of rotatable bonds is 6. The van der Waals surface area contributed by atoms with Crippen LogP contribution < -0.4 is 4.74 Å². The maximum absolute atomic E-state index is 14.0. The molecule has 0 saturated carbocycles. The van der Waals surface area contributed by atoms with Gasteiger partial charge in [0.2, 0.25) is 0 Å². The Morgan fingerprint density at radius 1 is 0.828 bits per heavy atom. The van der Waals surface area contributed by atoms with Crippen LogP contribution in [-0.2, 0) is 11.2 Å². The molecule has 0 aliphatic heterocycles. The first-order valence-corrected chi connectivity index (χ1v) is 9.36. The van der Waals surface area contributed by atoms with Crippen LogP contribution in [0.15, 0.2) is 84.9 Å². The first-order valence-electron chi connectivity index (χ1n) is 9.36. The predicted molar refractivity (Wildman–Crippen MR) is 112 cm³/mol. The lowest BCUT2D eigenvalue weighted by atomic mass is 9.98. The molecule has 144 valence electrons. The molecule has 0 heterocycles. The number of carbonyl (C=O) groups is 1. The Hall–Kier alpha value is -3.66. The summed E-state index contributed by atoms with van der Waals surface area (Å²) >= 11 is 0. The third-order valence-electron chi connectivity index (χ3n) is 4.79. The largest absolute Gasteiger partial charge is 0.481 e. The summed E-state index contributed by atoms with van der Waals surface area (Å²) < 4.78 is 19.9. The summed E-state index contributed by atoms with van der Waals surface area (Å²) in [7, 11) is 0. The Labute approximate surface area is 168 Å². The van der Waals surface area contributed by atoms with Crippen LogP contribution in [0.4, 0.5) is 4.39 Å². The molecule has 4 heteroatoms. The number of carboxylic acid groups (broad SMARTS) is 1. The van der Waals surface area contributed by atoms with Crippen LogP contribution in [-0.4, -0.2) is 11.1 Å². The van der Waals surface area contributed by atoms with Crippen molar-refractivity contribution in [2.75, 3.05) is 0 Å². The molecule has 0 bridgehead atoms. The van der Waals surface area contributed by atoms with E-state index >= 15 is 0 Å². The van der Waals surface area contributed by atoms with E-state index in [0.29, 0.717) is 12.2 Å². The predicted octanol–water partition coefficient (Wildman–Crippen LogP) is 6.46. The highest BCUT2D eigenvalue weighted by molar-refractivity contribution is 5.89. The van der Waals surface area contributed by atoms with Gasteiger partial charge < -0.3 is 9.84 Å². The molecule has 1 N–H and O–H groups in total. The zero-order chi connectivity index (χ0) is 20.2. The van der Waals surface area contributed by atoms with Gasteiger partial charge in [0.15, 0.2) is 11.6 Å². The van der Waals surface area contributed by atoms with Gasteiger partial charge in [0.25, 0.3) is 0 Å². The molecule has 4 aromatic rings. The highest BCUT2D eigenvalue weighted by Gasteiger charge is 2.10. The van der Waals surface area contributed by atoms with Crippen molar-refractivity contribution >= 4 is 16.7 Å². The minimum Gasteiger partial charge on any atom is -0.481 e. The van der Waals surface area contributed by atoms with Crippen molar-refractivity contribution in [3.05, 3.63) is 96.3 Å². The average molecular weight is 386 g/mol. The molecule has 0 aliphatic rings. The third kappa shape index (κ3) is 4.27. The van der Waals surface area contributed by atoms with E-state index in [0.717, 1.165) is 27.5 Å². The van der Waals surface area contributed by atoms with Gasteiger partial charge in [-0.2, -0.15) is 0 Å². The highest BCUT2D eigenvalue weighted by Crippen LogP contribution is 2.35. The molecular formula is C25H19FO3. The van der Waals surface area contributed by atoms with Gasteiger partial charge >= 0.3 is 5.97 Å². The maximum atomic E-state index is 14.0. The summed E-state index contributed by atoms with van der Waals surface area (Å²) in [6, 6.07) is 25.9. The van der Waals surface area contributed by atoms with Crippen molar-refractivity contribution in [3.8, 4) is 22.6 Å². The molecule has 0 unspecified atom stereocenters. The number of hydrogen-bond donors (Lipinski definition) is 1. The van der Waals surface area contributed by atoms with Crippen LogP contribution in [0, 0.1) is 5.82 Å². The Morgan fingerprint density at radius 3 is 2.31 bits per heavy atom. The Bertz CT molecular complexity index is 1180. The summed E-state index contributed by atoms with van der Waals surface area (Å²) in [4.78, 5) is 10.8. The number of para-hydroxylation sites is 2. The smallest absolute Gasteiger partial charge is 0.303 e. The van der Waals surface area contributed by atoms with E-state index in [4.69, 9.17) is 9.84 Å². The van der Waals surface area contributed by atoms with Gasteiger partial charge in [0.1, 0.15) is 5.75 Å². The van der Waals surface area contributed by atoms with E-state index in [9.17, 15) is 9.18 Å². The van der Waals surface area contributed by atoms with Crippen molar-refractivity contribution < 1.29 is 19.0 Å². The van der Waals surface area contributed by atoms with Crippen LogP contribution in [0.2, 0.25) is 0 Å². The lowest BCUT2D eigenvalue weighted by molar-refractivity contribution is -0.136. The molecule has 29 heavy (non-hydrogen) atoms. The zero-order valence-electron chi connectivity index (χ0n) is 15.6. The topological polar surface area (TPSA) is 46.5 Å². The number of fused-ring (bicyclic) bond motifs is 1. The molecule has 0 aromatic heterocycles. The van der Waals surface area contributed by atoms with Crippen LogP contribution in [0.5, 0.6) is 11.5 Å². The lowest BCUT2D eigenvalue weighted by Crippen LogP contribution is -1.97. The van der Waals surface area contributed by atoms with Crippen molar-refractivity contribution in [2.24, 2.45) is 0 Å². The van der Waals surface area contributed by atoms with E-state index < -0.39 is 11.8 Å². The maximum Gasteiger partial charge on any atom is 0.303 e. The number of hydrogen-bond acceptors (Lipinski definition) is 2. The molecular weight excluding hydrogens is 367 g/mol. The number of benzene rings is 4. The molecule has 0 fully saturated rings. The normalized spacial score (nSPS) is 10.8. The van der Waals surface area contributed by atoms with Crippen LogP contribution in [0.1, 0.15) is 12.0 Å². The summed E-state index contributed by atoms with van der Waals surface area (Å²) in [6.45, 7) is 0. The monoisotopic (exact) mass is 386 g/mol. The second-order valence-corrected chi connectivity index (χ2v) is 6.82. The Balaban J connectivity index is 1.67. The van der Waals surface area contributed by atoms with Gasteiger partial charge in [0.05, 0.1) is 0 Å². The first kappa shape index (κ1) is 18.7. The van der Waals surface area contributed by atoms with Crippen molar-refractivity contribution in [1.29, 1.82) is 0 Å². The van der Waals surface area contributed by atoms with Crippen LogP contribution >= 0.6 is 0 Å². The minimum absolute atomic E-state index is 0.115. The fourth-order valence-corrected chi connectivity index (χ4v) is 3.31. The fourth-order valence-electron chi connectivity index (χ4n) is 3.31. The zero-order valence-corrected chi connectivity index (χ0v) is 15.6. The number of halogens is 1. The van der Waals surface area contributed by atoms with Crippen molar-refractivity contribution in [1.82, 2.24) is 0 Å². The fraction of sp³-hybridized carbons (Fsp3) is 0.0800. The van der Waals surface area contributed by atoms with Gasteiger partial charge in [-0.05, 0) is 52.6 Å². The van der Waals surface area contributed by atoms with Crippen LogP contribution in [0.25, 0.3) is 21.9 Å². The summed E-state index contributed by atoms with van der Waals surface area (Å²) in [5, 5.41) is 11.0. The standard InChI is InChI=1S/C25H19FO3/c26-22-6-2-4-8-24(22)29-23-7-3-1-5-21(23)20-13-12-18-15-17(10-14-25(27)28)9-11-19(18)16-20/h1-9,11-13,15-16H,10,14H2,(H,27,28). The Morgan fingerprint density at radius 2 is 1.52 bits per heavy atom. The minimum atomic E-state index is -0.799. The van der Waals surface area contributed by atoms with Crippen molar-refractivity contribution in [3.63, 3.8) is 0 Å². The van der Waals surface area contributed by atoms with Gasteiger partial charge in [-0.15, -0.1) is 0 Å². The van der Waals surface area contributed by atoms with Crippen molar-refractivity contribution in [2.45, 2.75) is 12.8 Å². The van der Waals surface area contributed by atoms with Crippen LogP contribution in [0.3, 0.4) is 0 Å². The number of aliphatic carboxylic acids is 1. The van der Waals surface area contributed by atoms with E-state index in [1.54, 1.807) is 18.2 Å². The second kappa shape index (κ2) is 8.15. The van der Waals surface area contributed by atoms with E-state index in [1.807, 2.05) is 54.6 Å². The van der Waals surface area contributed by atoms with Gasteiger partial charge in [-0.1, -0.05) is 60.7 Å². The van der Waals surface area contributed by atoms with E-state index in [2.05, 4.69) is 6.07 Å². The molecule has 4 aromatic carbocycles. The molecule has 4 rings (SSSR count). The first-order chi connectivity index (χ1) is 14.1. The summed E-state index contributed by atoms with van der Waals surface area (Å²) in [5.74, 6) is -0.444. The summed E-state index contributed by atoms with van der Waals surface area (Å²) in [5.41, 5.74) is 2.83. The quantitative estimate of drug-likeness (QED) is 0.414. The summed E-state index contributed by atoms with van der Waals surface area (Å²) in [6.07, 6.45) is 0.622.